The minimum Gasteiger partial charge on any atom is -0.379 e. The summed E-state index contributed by atoms with van der Waals surface area (Å²) in [7, 11) is -7.70. The summed E-state index contributed by atoms with van der Waals surface area (Å²) in [5.74, 6) is 0. The van der Waals surface area contributed by atoms with Gasteiger partial charge in [-0.2, -0.15) is 0 Å². The molecule has 2 N–H and O–H groups in total. The smallest absolute Gasteiger partial charge is 0.274 e. The number of morpholine rings is 1. The molecule has 1 fully saturated rings. The number of fused-ring (bicyclic) bond motifs is 1. The zero-order valence-corrected chi connectivity index (χ0v) is 16.8. The molecular weight excluding hydrogens is 410 g/mol. The second-order valence-electron chi connectivity index (χ2n) is 5.55. The monoisotopic (exact) mass is 429 g/mol. The van der Waals surface area contributed by atoms with Crippen LogP contribution in [0, 0.1) is 0 Å². The van der Waals surface area contributed by atoms with Gasteiger partial charge in [-0.15, -0.1) is 23.7 Å². The van der Waals surface area contributed by atoms with Gasteiger partial charge in [0.25, 0.3) is 10.0 Å². The van der Waals surface area contributed by atoms with Crippen LogP contribution in [-0.2, 0) is 24.8 Å². The van der Waals surface area contributed by atoms with Gasteiger partial charge in [0.15, 0.2) is 0 Å². The average molecular weight is 430 g/mol. The third kappa shape index (κ3) is 4.02. The van der Waals surface area contributed by atoms with Crippen LogP contribution in [0.3, 0.4) is 0 Å². The van der Waals surface area contributed by atoms with Gasteiger partial charge in [-0.3, -0.25) is 9.21 Å². The van der Waals surface area contributed by atoms with Crippen LogP contribution in [-0.4, -0.2) is 65.4 Å². The molecule has 2 aliphatic heterocycles. The number of ether oxygens (including phenoxy) is 1. The number of halogens is 1. The molecule has 8 nitrogen and oxygen atoms in total. The van der Waals surface area contributed by atoms with Crippen molar-refractivity contribution in [3.63, 3.8) is 0 Å². The predicted octanol–water partition coefficient (Wildman–Crippen LogP) is 0.515. The Bertz CT molecular complexity index is 873. The lowest BCUT2D eigenvalue weighted by molar-refractivity contribution is 0.0407. The van der Waals surface area contributed by atoms with Gasteiger partial charge in [-0.05, 0) is 19.1 Å². The fraction of sp³-hybridized carbons (Fsp3) is 0.538. The lowest BCUT2D eigenvalue weighted by Gasteiger charge is -2.33. The first kappa shape index (κ1) is 20.6. The van der Waals surface area contributed by atoms with Gasteiger partial charge >= 0.3 is 0 Å². The van der Waals surface area contributed by atoms with E-state index in [-0.39, 0.29) is 27.4 Å². The van der Waals surface area contributed by atoms with Gasteiger partial charge in [0, 0.05) is 37.4 Å². The number of rotatable bonds is 4. The highest BCUT2D eigenvalue weighted by Gasteiger charge is 2.35. The van der Waals surface area contributed by atoms with Crippen LogP contribution in [0.25, 0.3) is 6.08 Å². The summed E-state index contributed by atoms with van der Waals surface area (Å²) < 4.78 is 55.3. The maximum atomic E-state index is 12.8. The van der Waals surface area contributed by atoms with Gasteiger partial charge in [0.2, 0.25) is 10.0 Å². The Kier molecular flexibility index (Phi) is 6.19. The molecule has 2 aliphatic rings. The zero-order chi connectivity index (χ0) is 17.5. The summed E-state index contributed by atoms with van der Waals surface area (Å²) in [5, 5.41) is 5.14. The topological polar surface area (TPSA) is 110 Å². The molecule has 0 atom stereocenters. The van der Waals surface area contributed by atoms with E-state index >= 15 is 0 Å². The highest BCUT2D eigenvalue weighted by molar-refractivity contribution is 7.94. The summed E-state index contributed by atoms with van der Waals surface area (Å²) in [4.78, 5) is 2.12. The van der Waals surface area contributed by atoms with E-state index in [2.05, 4.69) is 4.90 Å². The number of sulfonamides is 2. The number of primary sulfonamides is 1. The van der Waals surface area contributed by atoms with Gasteiger partial charge in [0.1, 0.15) is 8.42 Å². The molecule has 1 aromatic rings. The summed E-state index contributed by atoms with van der Waals surface area (Å²) >= 11 is 0.696. The summed E-state index contributed by atoms with van der Waals surface area (Å²) in [6, 6.07) is 1.33. The Balaban J connectivity index is 0.00000225. The van der Waals surface area contributed by atoms with Crippen molar-refractivity contribution in [2.24, 2.45) is 5.14 Å². The fourth-order valence-corrected chi connectivity index (χ4v) is 6.90. The number of hydrogen-bond acceptors (Lipinski definition) is 7. The molecule has 12 heteroatoms. The van der Waals surface area contributed by atoms with Crippen molar-refractivity contribution >= 4 is 49.9 Å². The van der Waals surface area contributed by atoms with Crippen molar-refractivity contribution < 1.29 is 21.6 Å². The van der Waals surface area contributed by atoms with Crippen molar-refractivity contribution in [3.05, 3.63) is 17.3 Å². The van der Waals surface area contributed by atoms with Crippen LogP contribution < -0.4 is 5.14 Å². The molecule has 142 valence electrons. The summed E-state index contributed by atoms with van der Waals surface area (Å²) in [6.07, 6.45) is 1.74. The van der Waals surface area contributed by atoms with Crippen LogP contribution in [0.15, 0.2) is 20.2 Å². The molecule has 0 unspecified atom stereocenters. The third-order valence-corrected chi connectivity index (χ3v) is 8.95. The largest absolute Gasteiger partial charge is 0.379 e. The van der Waals surface area contributed by atoms with Crippen molar-refractivity contribution in [1.29, 1.82) is 0 Å². The quantitative estimate of drug-likeness (QED) is 0.746. The number of nitrogens with zero attached hydrogens (tertiary/aromatic N) is 2. The van der Waals surface area contributed by atoms with Crippen LogP contribution in [0.2, 0.25) is 0 Å². The highest BCUT2D eigenvalue weighted by atomic mass is 35.5. The molecule has 0 aliphatic carbocycles. The SMILES string of the molecule is CCN1C(CN2CCOCC2)=Cc2cc(S(N)(=O)=O)sc2S1(=O)=O.Cl. The molecule has 3 rings (SSSR count). The van der Waals surface area contributed by atoms with Crippen molar-refractivity contribution in [3.8, 4) is 0 Å². The molecule has 1 saturated heterocycles. The van der Waals surface area contributed by atoms with E-state index in [0.717, 1.165) is 13.1 Å². The van der Waals surface area contributed by atoms with Gasteiger partial charge in [-0.25, -0.2) is 22.0 Å². The molecule has 0 radical (unpaired) electrons. The van der Waals surface area contributed by atoms with E-state index in [1.54, 1.807) is 13.0 Å². The van der Waals surface area contributed by atoms with Crippen molar-refractivity contribution in [1.82, 2.24) is 9.21 Å². The van der Waals surface area contributed by atoms with Crippen molar-refractivity contribution in [2.75, 3.05) is 39.4 Å². The molecule has 0 bridgehead atoms. The molecule has 0 spiro atoms. The van der Waals surface area contributed by atoms with Crippen LogP contribution in [0.5, 0.6) is 0 Å². The minimum atomic E-state index is -3.94. The van der Waals surface area contributed by atoms with E-state index < -0.39 is 20.0 Å². The Hall–Kier alpha value is -0.690. The first-order valence-corrected chi connectivity index (χ1v) is 11.2. The lowest BCUT2D eigenvalue weighted by atomic mass is 10.2. The predicted molar refractivity (Wildman–Crippen MR) is 97.7 cm³/mol. The summed E-state index contributed by atoms with van der Waals surface area (Å²) in [5.41, 5.74) is 1.02. The van der Waals surface area contributed by atoms with E-state index in [1.165, 1.54) is 10.4 Å². The number of hydrogen-bond donors (Lipinski definition) is 1. The first-order chi connectivity index (χ1) is 11.2. The van der Waals surface area contributed by atoms with E-state index in [4.69, 9.17) is 9.88 Å². The van der Waals surface area contributed by atoms with E-state index in [0.29, 0.717) is 42.4 Å². The van der Waals surface area contributed by atoms with Gasteiger partial charge in [0.05, 0.1) is 13.2 Å². The molecule has 25 heavy (non-hydrogen) atoms. The molecule has 3 heterocycles. The number of thiophene rings is 1. The Morgan fingerprint density at radius 3 is 2.52 bits per heavy atom. The first-order valence-electron chi connectivity index (χ1n) is 7.43. The van der Waals surface area contributed by atoms with Gasteiger partial charge in [-0.1, -0.05) is 0 Å². The van der Waals surface area contributed by atoms with Crippen LogP contribution in [0.1, 0.15) is 12.5 Å². The molecule has 0 saturated carbocycles. The van der Waals surface area contributed by atoms with Crippen LogP contribution >= 0.6 is 23.7 Å². The molecule has 0 aromatic carbocycles. The van der Waals surface area contributed by atoms with Crippen LogP contribution in [0.4, 0.5) is 0 Å². The maximum absolute atomic E-state index is 12.8. The Labute approximate surface area is 157 Å². The minimum absolute atomic E-state index is 0. The van der Waals surface area contributed by atoms with E-state index in [9.17, 15) is 16.8 Å². The Morgan fingerprint density at radius 1 is 1.32 bits per heavy atom. The van der Waals surface area contributed by atoms with E-state index in [1.807, 2.05) is 0 Å². The maximum Gasteiger partial charge on any atom is 0.274 e. The fourth-order valence-electron chi connectivity index (χ4n) is 2.80. The average Bonchev–Trinajstić information content (AvgIpc) is 2.93. The second kappa shape index (κ2) is 7.51. The van der Waals surface area contributed by atoms with Gasteiger partial charge < -0.3 is 4.74 Å². The Morgan fingerprint density at radius 2 is 1.96 bits per heavy atom. The number of likely N-dealkylation sites (N-methyl/N-ethyl adjacent to an activating group) is 1. The lowest BCUT2D eigenvalue weighted by Crippen LogP contribution is -2.42. The summed E-state index contributed by atoms with van der Waals surface area (Å²) in [6.45, 7) is 5.19. The second-order valence-corrected chi connectivity index (χ2v) is 10.4. The highest BCUT2D eigenvalue weighted by Crippen LogP contribution is 2.38. The standard InChI is InChI=1S/C13H19N3O5S3.ClH/c1-2-16-11(9-15-3-5-21-6-4-15)7-10-8-12(23(14,17)18)22-13(10)24(16,19)20;/h7-8H,2-6,9H2,1H3,(H2,14,17,18);1H. The molecule has 1 aromatic heterocycles. The third-order valence-electron chi connectivity index (χ3n) is 3.93. The normalized spacial score (nSPS) is 20.6. The molecule has 0 amide bonds. The van der Waals surface area contributed by atoms with Crippen molar-refractivity contribution in [2.45, 2.75) is 15.3 Å². The molecular formula is C13H20ClN3O5S3. The number of nitrogens with two attached hydrogens (primary N) is 1. The zero-order valence-electron chi connectivity index (χ0n) is 13.5.